The Morgan fingerprint density at radius 2 is 1.60 bits per heavy atom. The minimum Gasteiger partial charge on any atom is -0.315 e. The first-order valence-corrected chi connectivity index (χ1v) is 20.2. The van der Waals surface area contributed by atoms with Crippen LogP contribution in [0, 0.1) is 30.6 Å². The number of aryl methyl sites for hydroxylation is 3. The Labute approximate surface area is 335 Å². The number of benzene rings is 4. The summed E-state index contributed by atoms with van der Waals surface area (Å²) >= 11 is 7.05. The monoisotopic (exact) mass is 748 g/mol. The maximum Gasteiger partial charge on any atom is 0.0988 e. The maximum atomic E-state index is 9.49. The molecule has 1 atom stereocenters. The molecule has 0 bridgehead atoms. The van der Waals surface area contributed by atoms with Gasteiger partial charge in [-0.3, -0.25) is 4.90 Å². The standard InChI is InChI=1S/C50H57ClN4/c1-8-38(24-39(9-2)27-52)16-21-43-25-44(49(51)26-45(43)28-54-37(7)34(3)4)23-22-41-12-10-14-47(35(41)5)48-15-11-13-46(36(48)6)42-19-17-40(18-20-42)29-55-32-50(33-55)30-53-31-50/h8-15,17-20,24-26,37,53-54H,1,3,16,21-23,28-33H2,2,4-7H3/b38-24+,39-9+. The smallest absolute Gasteiger partial charge is 0.0988 e. The topological polar surface area (TPSA) is 51.1 Å². The van der Waals surface area contributed by atoms with Gasteiger partial charge in [-0.05, 0) is 139 Å². The number of nitrogens with one attached hydrogen (secondary N) is 2. The summed E-state index contributed by atoms with van der Waals surface area (Å²) in [5.74, 6) is 0. The molecule has 2 fully saturated rings. The van der Waals surface area contributed by atoms with E-state index in [0.717, 1.165) is 54.0 Å². The number of nitrogens with zero attached hydrogens (tertiary/aromatic N) is 2. The first-order valence-electron chi connectivity index (χ1n) is 19.8. The Balaban J connectivity index is 1.19. The van der Waals surface area contributed by atoms with Crippen LogP contribution in [0.3, 0.4) is 0 Å². The predicted molar refractivity (Wildman–Crippen MR) is 233 cm³/mol. The van der Waals surface area contributed by atoms with E-state index in [1.165, 1.54) is 81.8 Å². The molecule has 0 radical (unpaired) electrons. The number of hydrogen-bond acceptors (Lipinski definition) is 4. The first kappa shape index (κ1) is 40.2. The van der Waals surface area contributed by atoms with Gasteiger partial charge in [0.2, 0.25) is 0 Å². The molecule has 4 aromatic rings. The molecule has 0 saturated carbocycles. The lowest BCUT2D eigenvalue weighted by Crippen LogP contribution is -2.70. The highest BCUT2D eigenvalue weighted by molar-refractivity contribution is 6.31. The molecule has 6 rings (SSSR count). The fourth-order valence-corrected chi connectivity index (χ4v) is 8.43. The van der Waals surface area contributed by atoms with Crippen LogP contribution in [0.25, 0.3) is 22.3 Å². The second-order valence-electron chi connectivity index (χ2n) is 16.0. The number of likely N-dealkylation sites (tertiary alicyclic amines) is 1. The summed E-state index contributed by atoms with van der Waals surface area (Å²) in [6, 6.07) is 29.6. The van der Waals surface area contributed by atoms with Gasteiger partial charge in [0.25, 0.3) is 0 Å². The van der Waals surface area contributed by atoms with Gasteiger partial charge in [0.1, 0.15) is 0 Å². The molecule has 5 heteroatoms. The molecule has 0 aromatic heterocycles. The van der Waals surface area contributed by atoms with Crippen molar-refractivity contribution in [3.05, 3.63) is 165 Å². The van der Waals surface area contributed by atoms with Gasteiger partial charge in [-0.15, -0.1) is 0 Å². The van der Waals surface area contributed by atoms with E-state index in [1.54, 1.807) is 0 Å². The number of hydrogen-bond donors (Lipinski definition) is 2. The van der Waals surface area contributed by atoms with Crippen LogP contribution in [0.5, 0.6) is 0 Å². The average molecular weight is 749 g/mol. The predicted octanol–water partition coefficient (Wildman–Crippen LogP) is 11.1. The zero-order valence-corrected chi connectivity index (χ0v) is 34.3. The molecule has 0 aliphatic carbocycles. The van der Waals surface area contributed by atoms with Crippen LogP contribution in [0.2, 0.25) is 5.02 Å². The Bertz CT molecular complexity index is 2140. The van der Waals surface area contributed by atoms with E-state index in [2.05, 4.69) is 128 Å². The zero-order chi connectivity index (χ0) is 39.1. The molecule has 2 N–H and O–H groups in total. The summed E-state index contributed by atoms with van der Waals surface area (Å²) in [6.07, 6.45) is 8.97. The van der Waals surface area contributed by atoms with Crippen molar-refractivity contribution in [1.82, 2.24) is 15.5 Å². The molecule has 2 saturated heterocycles. The van der Waals surface area contributed by atoms with Gasteiger partial charge in [-0.1, -0.05) is 109 Å². The van der Waals surface area contributed by atoms with Crippen LogP contribution in [0.1, 0.15) is 66.1 Å². The van der Waals surface area contributed by atoms with Crippen LogP contribution < -0.4 is 10.6 Å². The van der Waals surface area contributed by atoms with Crippen LogP contribution in [0.15, 0.2) is 121 Å². The fourth-order valence-electron chi connectivity index (χ4n) is 8.15. The molecule has 1 unspecified atom stereocenters. The van der Waals surface area contributed by atoms with Crippen molar-refractivity contribution in [2.45, 2.75) is 79.4 Å². The molecular formula is C50H57ClN4. The molecule has 0 amide bonds. The SMILES string of the molecule is C=C/C(=C\C(C#N)=C/C)CCc1cc(CCc2cccc(-c3cccc(-c4ccc(CN5CC6(CNC6)C5)cc4)c3C)c2C)c(Cl)cc1CNC(C)C(=C)C. The lowest BCUT2D eigenvalue weighted by molar-refractivity contribution is -0.0444. The summed E-state index contributed by atoms with van der Waals surface area (Å²) < 4.78 is 0. The summed E-state index contributed by atoms with van der Waals surface area (Å²) in [6.45, 7) is 25.3. The maximum absolute atomic E-state index is 9.49. The number of rotatable bonds is 16. The Kier molecular flexibility index (Phi) is 13.1. The van der Waals surface area contributed by atoms with Crippen molar-refractivity contribution < 1.29 is 0 Å². The molecule has 284 valence electrons. The van der Waals surface area contributed by atoms with Crippen LogP contribution in [0.4, 0.5) is 0 Å². The summed E-state index contributed by atoms with van der Waals surface area (Å²) in [5, 5.41) is 17.3. The Hall–Kier alpha value is -4.50. The minimum atomic E-state index is 0.195. The lowest BCUT2D eigenvalue weighted by Gasteiger charge is -2.56. The third-order valence-corrected chi connectivity index (χ3v) is 12.3. The molecule has 1 spiro atoms. The van der Waals surface area contributed by atoms with Gasteiger partial charge in [-0.25, -0.2) is 0 Å². The van der Waals surface area contributed by atoms with Crippen molar-refractivity contribution in [3.8, 4) is 28.3 Å². The number of nitriles is 1. The van der Waals surface area contributed by atoms with E-state index >= 15 is 0 Å². The fraction of sp³-hybridized carbons (Fsp3) is 0.340. The molecule has 4 aromatic carbocycles. The summed E-state index contributed by atoms with van der Waals surface area (Å²) in [7, 11) is 0. The lowest BCUT2D eigenvalue weighted by atomic mass is 9.74. The van der Waals surface area contributed by atoms with Crippen LogP contribution >= 0.6 is 11.6 Å². The third-order valence-electron chi connectivity index (χ3n) is 12.0. The van der Waals surface area contributed by atoms with Crippen molar-refractivity contribution in [2.24, 2.45) is 5.41 Å². The third kappa shape index (κ3) is 9.49. The highest BCUT2D eigenvalue weighted by Crippen LogP contribution is 2.37. The molecular weight excluding hydrogens is 692 g/mol. The van der Waals surface area contributed by atoms with Gasteiger partial charge in [-0.2, -0.15) is 5.26 Å². The largest absolute Gasteiger partial charge is 0.315 e. The van der Waals surface area contributed by atoms with E-state index in [-0.39, 0.29) is 6.04 Å². The molecule has 2 aliphatic rings. The van der Waals surface area contributed by atoms with E-state index in [1.807, 2.05) is 32.1 Å². The first-order chi connectivity index (χ1) is 26.5. The highest BCUT2D eigenvalue weighted by atomic mass is 35.5. The molecule has 2 aliphatic heterocycles. The Morgan fingerprint density at radius 3 is 2.24 bits per heavy atom. The van der Waals surface area contributed by atoms with Gasteiger partial charge in [0, 0.05) is 61.3 Å². The zero-order valence-electron chi connectivity index (χ0n) is 33.5. The van der Waals surface area contributed by atoms with E-state index in [4.69, 9.17) is 11.6 Å². The van der Waals surface area contributed by atoms with Gasteiger partial charge in [0.15, 0.2) is 0 Å². The van der Waals surface area contributed by atoms with Crippen molar-refractivity contribution >= 4 is 11.6 Å². The second-order valence-corrected chi connectivity index (χ2v) is 16.4. The van der Waals surface area contributed by atoms with Crippen LogP contribution in [-0.2, 0) is 32.4 Å². The van der Waals surface area contributed by atoms with Gasteiger partial charge >= 0.3 is 0 Å². The Morgan fingerprint density at radius 1 is 0.927 bits per heavy atom. The van der Waals surface area contributed by atoms with Gasteiger partial charge < -0.3 is 10.6 Å². The molecule has 55 heavy (non-hydrogen) atoms. The van der Waals surface area contributed by atoms with E-state index in [9.17, 15) is 5.26 Å². The van der Waals surface area contributed by atoms with Crippen molar-refractivity contribution in [1.29, 1.82) is 5.26 Å². The molecule has 2 heterocycles. The van der Waals surface area contributed by atoms with Crippen molar-refractivity contribution in [2.75, 3.05) is 26.2 Å². The van der Waals surface area contributed by atoms with Crippen LogP contribution in [-0.4, -0.2) is 37.1 Å². The van der Waals surface area contributed by atoms with E-state index < -0.39 is 0 Å². The average Bonchev–Trinajstić information content (AvgIpc) is 3.15. The second kappa shape index (κ2) is 18.0. The summed E-state index contributed by atoms with van der Waals surface area (Å²) in [5.41, 5.74) is 17.4. The van der Waals surface area contributed by atoms with Gasteiger partial charge in [0.05, 0.1) is 6.07 Å². The number of allylic oxidation sites excluding steroid dienone is 5. The quantitative estimate of drug-likeness (QED) is 0.0680. The summed E-state index contributed by atoms with van der Waals surface area (Å²) in [4.78, 5) is 2.57. The van der Waals surface area contributed by atoms with Crippen molar-refractivity contribution in [3.63, 3.8) is 0 Å². The number of halogens is 1. The minimum absolute atomic E-state index is 0.195. The normalized spacial score (nSPS) is 15.9. The highest BCUT2D eigenvalue weighted by Gasteiger charge is 2.47. The molecule has 4 nitrogen and oxygen atoms in total. The van der Waals surface area contributed by atoms with E-state index in [0.29, 0.717) is 17.5 Å².